The van der Waals surface area contributed by atoms with Gasteiger partial charge in [-0.25, -0.2) is 4.98 Å². The minimum atomic E-state index is -0.230. The monoisotopic (exact) mass is 293 g/mol. The Bertz CT molecular complexity index is 584. The predicted molar refractivity (Wildman–Crippen MR) is 76.8 cm³/mol. The summed E-state index contributed by atoms with van der Waals surface area (Å²) in [6, 6.07) is 5.23. The van der Waals surface area contributed by atoms with Gasteiger partial charge in [0.1, 0.15) is 11.6 Å². The van der Waals surface area contributed by atoms with Crippen molar-refractivity contribution in [3.8, 4) is 5.75 Å². The quantitative estimate of drug-likeness (QED) is 0.890. The van der Waals surface area contributed by atoms with Crippen LogP contribution in [-0.4, -0.2) is 22.5 Å². The summed E-state index contributed by atoms with van der Waals surface area (Å²) in [5.41, 5.74) is 1.02. The van der Waals surface area contributed by atoms with Gasteiger partial charge < -0.3 is 15.0 Å². The van der Waals surface area contributed by atoms with E-state index in [-0.39, 0.29) is 18.6 Å². The number of H-pyrrole nitrogens is 1. The molecule has 1 aromatic carbocycles. The predicted octanol–water partition coefficient (Wildman–Crippen LogP) is 2.63. The van der Waals surface area contributed by atoms with Gasteiger partial charge >= 0.3 is 0 Å². The smallest absolute Gasteiger partial charge is 0.258 e. The molecule has 0 fully saturated rings. The summed E-state index contributed by atoms with van der Waals surface area (Å²) in [6.07, 6.45) is 3.35. The molecule has 2 aromatic rings. The van der Waals surface area contributed by atoms with Crippen molar-refractivity contribution in [3.05, 3.63) is 47.0 Å². The highest BCUT2D eigenvalue weighted by atomic mass is 35.5. The van der Waals surface area contributed by atoms with E-state index in [0.717, 1.165) is 5.56 Å². The van der Waals surface area contributed by atoms with E-state index >= 15 is 0 Å². The van der Waals surface area contributed by atoms with Crippen LogP contribution in [0.4, 0.5) is 0 Å². The van der Waals surface area contributed by atoms with Crippen LogP contribution in [0.1, 0.15) is 24.4 Å². The van der Waals surface area contributed by atoms with Crippen molar-refractivity contribution in [1.82, 2.24) is 15.3 Å². The third kappa shape index (κ3) is 3.74. The molecular weight excluding hydrogens is 278 g/mol. The van der Waals surface area contributed by atoms with Crippen LogP contribution < -0.4 is 10.1 Å². The van der Waals surface area contributed by atoms with E-state index in [9.17, 15) is 4.79 Å². The van der Waals surface area contributed by atoms with Gasteiger partial charge in [-0.2, -0.15) is 0 Å². The Kier molecular flexibility index (Phi) is 4.63. The Hall–Kier alpha value is -2.01. The maximum atomic E-state index is 11.8. The molecule has 20 heavy (non-hydrogen) atoms. The molecule has 0 saturated heterocycles. The highest BCUT2D eigenvalue weighted by molar-refractivity contribution is 6.32. The van der Waals surface area contributed by atoms with Crippen molar-refractivity contribution in [2.24, 2.45) is 0 Å². The topological polar surface area (TPSA) is 67.0 Å². The fourth-order valence-electron chi connectivity index (χ4n) is 1.73. The number of aromatic amines is 1. The highest BCUT2D eigenvalue weighted by Crippen LogP contribution is 2.25. The zero-order valence-electron chi connectivity index (χ0n) is 11.3. The standard InChI is InChI=1S/C14H16ClN3O2/c1-9-3-4-11(15)12(7-9)20-8-13(19)18-10(2)14-16-5-6-17-14/h3-7,10H,8H2,1-2H3,(H,16,17)(H,18,19). The molecule has 0 radical (unpaired) electrons. The summed E-state index contributed by atoms with van der Waals surface area (Å²) in [5, 5.41) is 3.27. The lowest BCUT2D eigenvalue weighted by Gasteiger charge is -2.13. The van der Waals surface area contributed by atoms with Crippen molar-refractivity contribution >= 4 is 17.5 Å². The number of rotatable bonds is 5. The van der Waals surface area contributed by atoms with Crippen molar-refractivity contribution in [1.29, 1.82) is 0 Å². The molecule has 0 bridgehead atoms. The van der Waals surface area contributed by atoms with Gasteiger partial charge in [0.05, 0.1) is 11.1 Å². The molecule has 1 amide bonds. The molecule has 0 aliphatic carbocycles. The van der Waals surface area contributed by atoms with E-state index in [0.29, 0.717) is 16.6 Å². The van der Waals surface area contributed by atoms with E-state index in [1.54, 1.807) is 24.5 Å². The molecule has 1 heterocycles. The van der Waals surface area contributed by atoms with Crippen LogP contribution in [0.5, 0.6) is 5.75 Å². The Morgan fingerprint density at radius 1 is 1.55 bits per heavy atom. The van der Waals surface area contributed by atoms with Crippen molar-refractivity contribution in [2.45, 2.75) is 19.9 Å². The van der Waals surface area contributed by atoms with Gasteiger partial charge in [0.2, 0.25) is 0 Å². The fraction of sp³-hybridized carbons (Fsp3) is 0.286. The summed E-state index contributed by atoms with van der Waals surface area (Å²) >= 11 is 5.99. The number of hydrogen-bond acceptors (Lipinski definition) is 3. The summed E-state index contributed by atoms with van der Waals surface area (Å²) in [4.78, 5) is 18.8. The van der Waals surface area contributed by atoms with Crippen molar-refractivity contribution in [3.63, 3.8) is 0 Å². The van der Waals surface area contributed by atoms with E-state index < -0.39 is 0 Å². The first-order valence-corrected chi connectivity index (χ1v) is 6.61. The molecule has 2 N–H and O–H groups in total. The minimum Gasteiger partial charge on any atom is -0.482 e. The van der Waals surface area contributed by atoms with Crippen molar-refractivity contribution in [2.75, 3.05) is 6.61 Å². The first-order valence-electron chi connectivity index (χ1n) is 6.24. The van der Waals surface area contributed by atoms with Gasteiger partial charge in [0, 0.05) is 12.4 Å². The molecule has 0 aliphatic rings. The number of amides is 1. The number of nitrogens with one attached hydrogen (secondary N) is 2. The number of ether oxygens (including phenoxy) is 1. The number of benzene rings is 1. The second kappa shape index (κ2) is 6.43. The number of hydrogen-bond donors (Lipinski definition) is 2. The van der Waals surface area contributed by atoms with Crippen LogP contribution >= 0.6 is 11.6 Å². The summed E-state index contributed by atoms with van der Waals surface area (Å²) in [5.74, 6) is 0.978. The number of aryl methyl sites for hydroxylation is 1. The average molecular weight is 294 g/mol. The lowest BCUT2D eigenvalue weighted by atomic mass is 10.2. The summed E-state index contributed by atoms with van der Waals surface area (Å²) < 4.78 is 5.42. The first kappa shape index (κ1) is 14.4. The Morgan fingerprint density at radius 3 is 3.05 bits per heavy atom. The SMILES string of the molecule is Cc1ccc(Cl)c(OCC(=O)NC(C)c2ncc[nH]2)c1. The van der Waals surface area contributed by atoms with Crippen molar-refractivity contribution < 1.29 is 9.53 Å². The summed E-state index contributed by atoms with van der Waals surface area (Å²) in [7, 11) is 0. The van der Waals surface area contributed by atoms with Gasteiger partial charge in [0.25, 0.3) is 5.91 Å². The Balaban J connectivity index is 1.87. The number of carbonyl (C=O) groups excluding carboxylic acids is 1. The second-order valence-electron chi connectivity index (χ2n) is 4.49. The molecule has 106 valence electrons. The first-order chi connectivity index (χ1) is 9.56. The molecule has 0 spiro atoms. The second-order valence-corrected chi connectivity index (χ2v) is 4.89. The van der Waals surface area contributed by atoms with Gasteiger partial charge in [-0.15, -0.1) is 0 Å². The van der Waals surface area contributed by atoms with Crippen LogP contribution in [0.3, 0.4) is 0 Å². The zero-order chi connectivity index (χ0) is 14.5. The molecule has 6 heteroatoms. The van der Waals surface area contributed by atoms with E-state index in [4.69, 9.17) is 16.3 Å². The molecule has 5 nitrogen and oxygen atoms in total. The average Bonchev–Trinajstić information content (AvgIpc) is 2.94. The fourth-order valence-corrected chi connectivity index (χ4v) is 1.90. The van der Waals surface area contributed by atoms with Crippen LogP contribution in [-0.2, 0) is 4.79 Å². The molecular formula is C14H16ClN3O2. The molecule has 0 saturated carbocycles. The third-order valence-electron chi connectivity index (χ3n) is 2.75. The van der Waals surface area contributed by atoms with Gasteiger partial charge in [-0.1, -0.05) is 17.7 Å². The van der Waals surface area contributed by atoms with Crippen LogP contribution in [0, 0.1) is 6.92 Å². The number of halogens is 1. The maximum Gasteiger partial charge on any atom is 0.258 e. The Morgan fingerprint density at radius 2 is 2.35 bits per heavy atom. The van der Waals surface area contributed by atoms with E-state index in [2.05, 4.69) is 15.3 Å². The molecule has 1 unspecified atom stereocenters. The third-order valence-corrected chi connectivity index (χ3v) is 3.06. The highest BCUT2D eigenvalue weighted by Gasteiger charge is 2.12. The van der Waals surface area contributed by atoms with Gasteiger partial charge in [-0.05, 0) is 31.5 Å². The molecule has 1 aromatic heterocycles. The zero-order valence-corrected chi connectivity index (χ0v) is 12.1. The van der Waals surface area contributed by atoms with Crippen LogP contribution in [0.2, 0.25) is 5.02 Å². The van der Waals surface area contributed by atoms with E-state index in [1.165, 1.54) is 0 Å². The largest absolute Gasteiger partial charge is 0.482 e. The number of nitrogens with zero attached hydrogens (tertiary/aromatic N) is 1. The molecule has 2 rings (SSSR count). The lowest BCUT2D eigenvalue weighted by Crippen LogP contribution is -2.31. The van der Waals surface area contributed by atoms with Crippen LogP contribution in [0.15, 0.2) is 30.6 Å². The number of carbonyl (C=O) groups is 1. The maximum absolute atomic E-state index is 11.8. The van der Waals surface area contributed by atoms with Gasteiger partial charge in [-0.3, -0.25) is 4.79 Å². The summed E-state index contributed by atoms with van der Waals surface area (Å²) in [6.45, 7) is 3.69. The molecule has 0 aliphatic heterocycles. The lowest BCUT2D eigenvalue weighted by molar-refractivity contribution is -0.123. The van der Waals surface area contributed by atoms with Gasteiger partial charge in [0.15, 0.2) is 6.61 Å². The van der Waals surface area contributed by atoms with E-state index in [1.807, 2.05) is 19.9 Å². The normalized spacial score (nSPS) is 11.9. The minimum absolute atomic E-state index is 0.0891. The molecule has 1 atom stereocenters. The number of aromatic nitrogens is 2. The Labute approximate surface area is 122 Å². The van der Waals surface area contributed by atoms with Crippen LogP contribution in [0.25, 0.3) is 0 Å². The number of imidazole rings is 1.